The summed E-state index contributed by atoms with van der Waals surface area (Å²) in [6, 6.07) is 8.87. The first-order chi connectivity index (χ1) is 13.3. The number of rotatable bonds is 2. The zero-order valence-corrected chi connectivity index (χ0v) is 16.8. The molecule has 1 saturated heterocycles. The zero-order chi connectivity index (χ0) is 20.1. The van der Waals surface area contributed by atoms with Gasteiger partial charge in [-0.25, -0.2) is 0 Å². The second-order valence-corrected chi connectivity index (χ2v) is 9.24. The smallest absolute Gasteiger partial charge is 0.309 e. The lowest BCUT2D eigenvalue weighted by Gasteiger charge is -2.54. The van der Waals surface area contributed by atoms with Crippen LogP contribution in [0.4, 0.5) is 0 Å². The third-order valence-corrected chi connectivity index (χ3v) is 7.72. The van der Waals surface area contributed by atoms with E-state index >= 15 is 0 Å². The third-order valence-electron chi connectivity index (χ3n) is 7.72. The molecule has 2 saturated carbocycles. The monoisotopic (exact) mass is 380 g/mol. The molecule has 0 aromatic heterocycles. The highest BCUT2D eigenvalue weighted by Crippen LogP contribution is 2.57. The average molecular weight is 380 g/mol. The summed E-state index contributed by atoms with van der Waals surface area (Å²) in [7, 11) is 0. The van der Waals surface area contributed by atoms with Gasteiger partial charge in [-0.3, -0.25) is 9.59 Å². The molecule has 0 bridgehead atoms. The van der Waals surface area contributed by atoms with Crippen molar-refractivity contribution in [2.75, 3.05) is 0 Å². The molecule has 5 heteroatoms. The zero-order valence-electron chi connectivity index (χ0n) is 16.8. The van der Waals surface area contributed by atoms with E-state index in [1.54, 1.807) is 24.3 Å². The number of fused-ring (bicyclic) bond motifs is 3. The van der Waals surface area contributed by atoms with E-state index in [0.29, 0.717) is 17.0 Å². The Morgan fingerprint density at radius 1 is 1.21 bits per heavy atom. The molecule has 0 radical (unpaired) electrons. The number of hydrogen-bond donors (Lipinski definition) is 1. The van der Waals surface area contributed by atoms with Crippen LogP contribution in [0.25, 0.3) is 0 Å². The summed E-state index contributed by atoms with van der Waals surface area (Å²) in [5.41, 5.74) is 1.28. The normalized spacial score (nSPS) is 39.3. The summed E-state index contributed by atoms with van der Waals surface area (Å²) in [5.74, 6) is 0.646. The van der Waals surface area contributed by atoms with Gasteiger partial charge in [-0.15, -0.1) is 0 Å². The Bertz CT molecular complexity index is 827. The maximum atomic E-state index is 12.8. The highest BCUT2D eigenvalue weighted by Gasteiger charge is 2.58. The Morgan fingerprint density at radius 3 is 2.57 bits per heavy atom. The molecule has 1 aromatic rings. The lowest BCUT2D eigenvalue weighted by Crippen LogP contribution is -2.57. The highest BCUT2D eigenvalue weighted by atomic mass is 16.6. The van der Waals surface area contributed by atoms with E-state index in [4.69, 9.17) is 10.00 Å². The summed E-state index contributed by atoms with van der Waals surface area (Å²) in [4.78, 5) is 25.0. The molecular weight excluding hydrogens is 352 g/mol. The first-order valence-corrected chi connectivity index (χ1v) is 10.4. The summed E-state index contributed by atoms with van der Waals surface area (Å²) in [5, 5.41) is 12.1. The topological polar surface area (TPSA) is 79.2 Å². The van der Waals surface area contributed by atoms with Crippen LogP contribution in [0, 0.1) is 40.4 Å². The van der Waals surface area contributed by atoms with Crippen molar-refractivity contribution in [1.29, 1.82) is 5.26 Å². The van der Waals surface area contributed by atoms with Crippen LogP contribution in [-0.2, 0) is 9.53 Å². The van der Waals surface area contributed by atoms with Crippen molar-refractivity contribution in [3.63, 3.8) is 0 Å². The van der Waals surface area contributed by atoms with Gasteiger partial charge in [0.1, 0.15) is 6.10 Å². The van der Waals surface area contributed by atoms with Crippen LogP contribution < -0.4 is 5.32 Å². The molecule has 0 unspecified atom stereocenters. The van der Waals surface area contributed by atoms with Crippen LogP contribution >= 0.6 is 0 Å². The van der Waals surface area contributed by atoms with Crippen LogP contribution in [0.1, 0.15) is 62.4 Å². The summed E-state index contributed by atoms with van der Waals surface area (Å²) < 4.78 is 5.86. The van der Waals surface area contributed by atoms with Crippen LogP contribution in [0.15, 0.2) is 24.3 Å². The van der Waals surface area contributed by atoms with Crippen molar-refractivity contribution < 1.29 is 14.3 Å². The predicted molar refractivity (Wildman–Crippen MR) is 104 cm³/mol. The third kappa shape index (κ3) is 2.99. The van der Waals surface area contributed by atoms with E-state index in [1.165, 1.54) is 0 Å². The van der Waals surface area contributed by atoms with E-state index in [-0.39, 0.29) is 47.2 Å². The Labute approximate surface area is 166 Å². The van der Waals surface area contributed by atoms with Crippen molar-refractivity contribution in [3.05, 3.63) is 35.4 Å². The predicted octanol–water partition coefficient (Wildman–Crippen LogP) is 3.68. The minimum absolute atomic E-state index is 0.0182. The van der Waals surface area contributed by atoms with Gasteiger partial charge in [0.05, 0.1) is 17.6 Å². The Hall–Kier alpha value is -2.35. The van der Waals surface area contributed by atoms with E-state index in [9.17, 15) is 9.59 Å². The Balaban J connectivity index is 1.52. The van der Waals surface area contributed by atoms with Crippen molar-refractivity contribution >= 4 is 11.9 Å². The lowest BCUT2D eigenvalue weighted by atomic mass is 9.52. The second kappa shape index (κ2) is 6.92. The van der Waals surface area contributed by atoms with Crippen molar-refractivity contribution in [2.24, 2.45) is 29.1 Å². The van der Waals surface area contributed by atoms with Gasteiger partial charge < -0.3 is 10.1 Å². The number of carbonyl (C=O) groups is 2. The van der Waals surface area contributed by atoms with Crippen molar-refractivity contribution in [2.45, 2.75) is 58.6 Å². The molecule has 1 amide bonds. The Kier molecular flexibility index (Phi) is 4.69. The number of esters is 1. The summed E-state index contributed by atoms with van der Waals surface area (Å²) >= 11 is 0. The van der Waals surface area contributed by atoms with Crippen LogP contribution in [0.3, 0.4) is 0 Å². The molecule has 3 fully saturated rings. The van der Waals surface area contributed by atoms with Gasteiger partial charge in [0, 0.05) is 23.4 Å². The fourth-order valence-electron chi connectivity index (χ4n) is 5.98. The molecule has 1 heterocycles. The van der Waals surface area contributed by atoms with Gasteiger partial charge in [-0.1, -0.05) is 20.8 Å². The number of nitrogens with one attached hydrogen (secondary N) is 1. The first kappa shape index (κ1) is 19.0. The number of hydrogen-bond acceptors (Lipinski definition) is 4. The van der Waals surface area contributed by atoms with Gasteiger partial charge in [0.25, 0.3) is 5.91 Å². The van der Waals surface area contributed by atoms with Gasteiger partial charge >= 0.3 is 5.97 Å². The van der Waals surface area contributed by atoms with Gasteiger partial charge in [0.2, 0.25) is 0 Å². The molecule has 1 aromatic carbocycles. The minimum atomic E-state index is -0.103. The fraction of sp³-hybridized carbons (Fsp3) is 0.609. The van der Waals surface area contributed by atoms with Crippen LogP contribution in [0.5, 0.6) is 0 Å². The average Bonchev–Trinajstić information content (AvgIpc) is 2.97. The first-order valence-electron chi connectivity index (χ1n) is 10.4. The van der Waals surface area contributed by atoms with Crippen LogP contribution in [-0.4, -0.2) is 24.0 Å². The quantitative estimate of drug-likeness (QED) is 0.794. The molecule has 1 N–H and O–H groups in total. The molecule has 7 atom stereocenters. The van der Waals surface area contributed by atoms with Gasteiger partial charge in [0.15, 0.2) is 0 Å². The van der Waals surface area contributed by atoms with Crippen molar-refractivity contribution in [1.82, 2.24) is 5.32 Å². The lowest BCUT2D eigenvalue weighted by molar-refractivity contribution is -0.153. The number of amides is 1. The maximum absolute atomic E-state index is 12.8. The van der Waals surface area contributed by atoms with Crippen LogP contribution in [0.2, 0.25) is 0 Å². The molecule has 0 spiro atoms. The molecule has 28 heavy (non-hydrogen) atoms. The number of nitrogens with zero attached hydrogens (tertiary/aromatic N) is 1. The van der Waals surface area contributed by atoms with E-state index in [0.717, 1.165) is 25.7 Å². The molecular formula is C23H28N2O3. The minimum Gasteiger partial charge on any atom is -0.462 e. The molecule has 3 aliphatic rings. The summed E-state index contributed by atoms with van der Waals surface area (Å²) in [6.45, 7) is 6.53. The number of carbonyl (C=O) groups excluding carboxylic acids is 2. The number of benzene rings is 1. The molecule has 148 valence electrons. The SMILES string of the molecule is C[C@H]1[C@@H]2[C@H]3OC(=O)[C@@H](C)[C@@H]3CC[C@@]2(C)CC[C@@H]1NC(=O)c1ccc(C#N)cc1. The second-order valence-electron chi connectivity index (χ2n) is 9.24. The standard InChI is InChI=1S/C23H28N2O3/c1-13-17-8-10-23(3)11-9-18(14(2)19(23)20(17)28-22(13)27)25-21(26)16-6-4-15(12-24)5-7-16/h4-7,13-14,17-20H,8-11H2,1-3H3,(H,25,26)/t13-,14+,17-,18-,19+,20-,23-/m0/s1. The molecule has 2 aliphatic carbocycles. The molecule has 1 aliphatic heterocycles. The van der Waals surface area contributed by atoms with Crippen molar-refractivity contribution in [3.8, 4) is 6.07 Å². The van der Waals surface area contributed by atoms with E-state index in [2.05, 4.69) is 25.2 Å². The Morgan fingerprint density at radius 2 is 1.89 bits per heavy atom. The highest BCUT2D eigenvalue weighted by molar-refractivity contribution is 5.94. The van der Waals surface area contributed by atoms with Gasteiger partial charge in [-0.05, 0) is 61.3 Å². The van der Waals surface area contributed by atoms with E-state index < -0.39 is 0 Å². The summed E-state index contributed by atoms with van der Waals surface area (Å²) in [6.07, 6.45) is 4.14. The largest absolute Gasteiger partial charge is 0.462 e. The molecule has 4 rings (SSSR count). The molecule has 5 nitrogen and oxygen atoms in total. The fourth-order valence-corrected chi connectivity index (χ4v) is 5.98. The number of nitriles is 1. The van der Waals surface area contributed by atoms with E-state index in [1.807, 2.05) is 6.92 Å². The maximum Gasteiger partial charge on any atom is 0.309 e. The van der Waals surface area contributed by atoms with Gasteiger partial charge in [-0.2, -0.15) is 5.26 Å². The number of ether oxygens (including phenoxy) is 1.